The normalized spacial score (nSPS) is 17.1. The number of amides is 1. The number of pyridine rings is 1. The Balaban J connectivity index is 1.69. The number of hydrogen-bond acceptors (Lipinski definition) is 10. The zero-order chi connectivity index (χ0) is 33.3. The van der Waals surface area contributed by atoms with Gasteiger partial charge in [-0.1, -0.05) is 73.3 Å². The Kier molecular flexibility index (Phi) is 11.8. The van der Waals surface area contributed by atoms with Gasteiger partial charge in [-0.25, -0.2) is 9.59 Å². The number of carbonyl (C=O) groups excluding carboxylic acids is 4. The van der Waals surface area contributed by atoms with Crippen molar-refractivity contribution in [1.29, 1.82) is 0 Å². The Morgan fingerprint density at radius 1 is 1.09 bits per heavy atom. The van der Waals surface area contributed by atoms with Gasteiger partial charge < -0.3 is 23.7 Å². The van der Waals surface area contributed by atoms with Crippen LogP contribution in [0.4, 0.5) is 0 Å². The fraction of sp³-hybridized carbons (Fsp3) is 0.265. The van der Waals surface area contributed by atoms with Crippen LogP contribution in [0.1, 0.15) is 47.1 Å². The van der Waals surface area contributed by atoms with E-state index in [9.17, 15) is 23.7 Å². The molecule has 46 heavy (non-hydrogen) atoms. The van der Waals surface area contributed by atoms with E-state index in [2.05, 4.69) is 11.6 Å². The van der Waals surface area contributed by atoms with Crippen molar-refractivity contribution in [3.8, 4) is 0 Å². The van der Waals surface area contributed by atoms with E-state index in [1.165, 1.54) is 42.3 Å². The topological polar surface area (TPSA) is 132 Å². The van der Waals surface area contributed by atoms with Gasteiger partial charge in [0.1, 0.15) is 23.8 Å². The molecule has 3 atom stereocenters. The molecule has 1 aromatic heterocycles. The summed E-state index contributed by atoms with van der Waals surface area (Å²) in [6, 6.07) is 19.1. The number of nitrogens with zero attached hydrogens (tertiary/aromatic N) is 2. The predicted molar refractivity (Wildman–Crippen MR) is 174 cm³/mol. The van der Waals surface area contributed by atoms with Gasteiger partial charge in [0.15, 0.2) is 12.1 Å². The summed E-state index contributed by atoms with van der Waals surface area (Å²) in [7, 11) is 0. The Morgan fingerprint density at radius 3 is 2.26 bits per heavy atom. The fourth-order valence-corrected chi connectivity index (χ4v) is 5.48. The van der Waals surface area contributed by atoms with Gasteiger partial charge in [0, 0.05) is 23.8 Å². The largest absolute Gasteiger partial charge is 0.463 e. The van der Waals surface area contributed by atoms with E-state index in [-0.39, 0.29) is 24.2 Å². The molecular formula is C34H33ClN2O8S. The number of carbonyl (C=O) groups is 4. The quantitative estimate of drug-likeness (QED) is 0.0449. The lowest BCUT2D eigenvalue weighted by Crippen LogP contribution is -2.67. The highest BCUT2D eigenvalue weighted by Crippen LogP contribution is 2.40. The van der Waals surface area contributed by atoms with Crippen LogP contribution >= 0.6 is 23.6 Å². The van der Waals surface area contributed by atoms with Gasteiger partial charge in [0.05, 0.1) is 17.3 Å². The fourth-order valence-electron chi connectivity index (χ4n) is 4.98. The summed E-state index contributed by atoms with van der Waals surface area (Å²) in [5.41, 5.74) is 2.24. The number of rotatable bonds is 14. The summed E-state index contributed by atoms with van der Waals surface area (Å²) in [6.45, 7) is 6.31. The molecular weight excluding hydrogens is 632 g/mol. The highest BCUT2D eigenvalue weighted by atomic mass is 35.5. The van der Waals surface area contributed by atoms with E-state index in [1.54, 1.807) is 6.92 Å². The number of aromatic nitrogens is 1. The van der Waals surface area contributed by atoms with Crippen LogP contribution in [-0.2, 0) is 28.6 Å². The van der Waals surface area contributed by atoms with E-state index < -0.39 is 59.2 Å². The smallest absolute Gasteiger partial charge is 0.338 e. The molecule has 1 aliphatic rings. The molecule has 240 valence electrons. The number of likely N-dealkylation sites (tertiary alicyclic amines) is 1. The molecule has 1 aliphatic heterocycles. The highest BCUT2D eigenvalue weighted by Gasteiger charge is 2.55. The van der Waals surface area contributed by atoms with Crippen LogP contribution in [0.15, 0.2) is 97.2 Å². The summed E-state index contributed by atoms with van der Waals surface area (Å²) in [4.78, 5) is 57.8. The zero-order valence-corrected chi connectivity index (χ0v) is 26.8. The van der Waals surface area contributed by atoms with Crippen molar-refractivity contribution >= 4 is 53.5 Å². The van der Waals surface area contributed by atoms with Crippen LogP contribution in [-0.4, -0.2) is 74.2 Å². The van der Waals surface area contributed by atoms with Gasteiger partial charge in [-0.2, -0.15) is 0 Å². The van der Waals surface area contributed by atoms with Gasteiger partial charge in [-0.3, -0.25) is 14.6 Å². The first-order valence-electron chi connectivity index (χ1n) is 14.3. The molecule has 1 fully saturated rings. The minimum Gasteiger partial charge on any atom is -0.463 e. The summed E-state index contributed by atoms with van der Waals surface area (Å²) >= 11 is 5.90. The molecule has 3 aromatic rings. The number of esters is 3. The van der Waals surface area contributed by atoms with Crippen LogP contribution in [0, 0.1) is 0 Å². The molecule has 0 saturated carbocycles. The molecule has 0 aliphatic carbocycles. The van der Waals surface area contributed by atoms with Gasteiger partial charge in [0.2, 0.25) is 0 Å². The molecule has 2 heterocycles. The van der Waals surface area contributed by atoms with Crippen molar-refractivity contribution < 1.29 is 37.9 Å². The van der Waals surface area contributed by atoms with Crippen molar-refractivity contribution in [3.63, 3.8) is 0 Å². The number of alkyl halides is 1. The van der Waals surface area contributed by atoms with Gasteiger partial charge in [0.25, 0.3) is 5.91 Å². The lowest BCUT2D eigenvalue weighted by Gasteiger charge is -2.49. The van der Waals surface area contributed by atoms with Crippen LogP contribution in [0.25, 0.3) is 6.08 Å². The van der Waals surface area contributed by atoms with Crippen LogP contribution in [0.3, 0.4) is 0 Å². The van der Waals surface area contributed by atoms with Crippen molar-refractivity contribution in [2.24, 2.45) is 0 Å². The zero-order valence-electron chi connectivity index (χ0n) is 25.2. The third-order valence-corrected chi connectivity index (χ3v) is 8.33. The average molecular weight is 665 g/mol. The standard InChI is InChI=1S/C34H33ClN2O8S/c1-4-17-43-32(40)25-15-16-36-26(18-25)19-27-22(2)37(31(27)39)30(34(3,46-42)21-44-28(38)20-35)33(41)45-29(23-11-7-5-8-12-23)24-13-9-6-10-14-24/h4-16,18-19,22,29-30,42H,1,17,20-21H2,2-3H3/b27-19+/t22-,30+,34+/m1/s1. The maximum absolute atomic E-state index is 14.2. The first-order chi connectivity index (χ1) is 22.1. The second-order valence-electron chi connectivity index (χ2n) is 10.6. The first kappa shape index (κ1) is 34.4. The Morgan fingerprint density at radius 2 is 1.72 bits per heavy atom. The van der Waals surface area contributed by atoms with Crippen molar-refractivity contribution in [2.75, 3.05) is 19.1 Å². The van der Waals surface area contributed by atoms with Crippen molar-refractivity contribution in [3.05, 3.63) is 120 Å². The summed E-state index contributed by atoms with van der Waals surface area (Å²) < 4.78 is 25.4. The second-order valence-corrected chi connectivity index (χ2v) is 12.0. The first-order valence-corrected chi connectivity index (χ1v) is 15.6. The minimum absolute atomic E-state index is 0.0385. The SMILES string of the molecule is C=CCOC(=O)c1ccnc(/C=C2/C(=O)N([C@@H](C(=O)OC(c3ccccc3)c3ccccc3)[C@](C)(COC(=O)CCl)SO)[C@@H]2C)c1. The van der Waals surface area contributed by atoms with Crippen molar-refractivity contribution in [2.45, 2.75) is 36.8 Å². The molecule has 0 spiro atoms. The van der Waals surface area contributed by atoms with Gasteiger partial charge in [-0.15, -0.1) is 11.6 Å². The molecule has 2 aromatic carbocycles. The number of ether oxygens (including phenoxy) is 3. The maximum Gasteiger partial charge on any atom is 0.338 e. The molecule has 0 unspecified atom stereocenters. The molecule has 1 N–H and O–H groups in total. The van der Waals surface area contributed by atoms with E-state index >= 15 is 0 Å². The maximum atomic E-state index is 14.2. The molecule has 0 radical (unpaired) electrons. The second kappa shape index (κ2) is 15.7. The van der Waals surface area contributed by atoms with Crippen LogP contribution in [0.5, 0.6) is 0 Å². The molecule has 10 nitrogen and oxygen atoms in total. The van der Waals surface area contributed by atoms with Crippen molar-refractivity contribution in [1.82, 2.24) is 9.88 Å². The average Bonchev–Trinajstić information content (AvgIpc) is 3.10. The van der Waals surface area contributed by atoms with E-state index in [0.29, 0.717) is 22.4 Å². The Labute approximate surface area is 276 Å². The summed E-state index contributed by atoms with van der Waals surface area (Å²) in [6.07, 6.45) is 3.54. The van der Waals surface area contributed by atoms with E-state index in [0.717, 1.165) is 0 Å². The summed E-state index contributed by atoms with van der Waals surface area (Å²) in [5.74, 6) is -3.14. The number of halogens is 1. The lowest BCUT2D eigenvalue weighted by molar-refractivity contribution is -0.166. The van der Waals surface area contributed by atoms with Crippen LogP contribution in [0.2, 0.25) is 0 Å². The molecule has 12 heteroatoms. The number of hydrogen-bond donors (Lipinski definition) is 1. The number of benzene rings is 2. The van der Waals surface area contributed by atoms with Crippen LogP contribution < -0.4 is 0 Å². The Bertz CT molecular complexity index is 1560. The molecule has 0 bridgehead atoms. The van der Waals surface area contributed by atoms with E-state index in [4.69, 9.17) is 25.8 Å². The van der Waals surface area contributed by atoms with Gasteiger partial charge >= 0.3 is 17.9 Å². The predicted octanol–water partition coefficient (Wildman–Crippen LogP) is 5.49. The monoisotopic (exact) mass is 664 g/mol. The Hall–Kier alpha value is -4.45. The van der Waals surface area contributed by atoms with E-state index in [1.807, 2.05) is 60.7 Å². The third kappa shape index (κ3) is 7.85. The summed E-state index contributed by atoms with van der Waals surface area (Å²) in [5, 5.41) is 0. The molecule has 4 rings (SSSR count). The molecule has 1 amide bonds. The third-order valence-electron chi connectivity index (χ3n) is 7.36. The minimum atomic E-state index is -1.56. The molecule has 1 saturated heterocycles. The highest BCUT2D eigenvalue weighted by molar-refractivity contribution is 7.95. The van der Waals surface area contributed by atoms with Gasteiger partial charge in [-0.05, 0) is 43.2 Å². The number of β-lactam (4-membered cyclic amide) rings is 1. The lowest BCUT2D eigenvalue weighted by atomic mass is 9.87.